The van der Waals surface area contributed by atoms with Crippen LogP contribution in [0.2, 0.25) is 0 Å². The lowest BCUT2D eigenvalue weighted by Gasteiger charge is -2.20. The largest absolute Gasteiger partial charge is 0.336 e. The van der Waals surface area contributed by atoms with Gasteiger partial charge in [0.1, 0.15) is 13.2 Å². The zero-order valence-electron chi connectivity index (χ0n) is 7.11. The Labute approximate surface area is 105 Å². The lowest BCUT2D eigenvalue weighted by Crippen LogP contribution is -2.27. The zero-order valence-corrected chi connectivity index (χ0v) is 11.4. The summed E-state index contributed by atoms with van der Waals surface area (Å²) >= 11 is 4.58. The summed E-state index contributed by atoms with van der Waals surface area (Å²) in [6.45, 7) is 2.25. The summed E-state index contributed by atoms with van der Waals surface area (Å²) in [5.41, 5.74) is 0. The predicted molar refractivity (Wildman–Crippen MR) is 68.9 cm³/mol. The fourth-order valence-electron chi connectivity index (χ4n) is 1.64. The molecule has 1 aliphatic heterocycles. The Morgan fingerprint density at radius 1 is 1.23 bits per heavy atom. The van der Waals surface area contributed by atoms with E-state index in [0.29, 0.717) is 5.92 Å². The third-order valence-electron chi connectivity index (χ3n) is 2.36. The molecule has 0 bridgehead atoms. The van der Waals surface area contributed by atoms with Crippen molar-refractivity contribution in [3.63, 3.8) is 0 Å². The van der Waals surface area contributed by atoms with Crippen LogP contribution in [0.3, 0.4) is 0 Å². The first-order valence-corrected chi connectivity index (χ1v) is 6.54. The summed E-state index contributed by atoms with van der Waals surface area (Å²) < 4.78 is 2.28. The van der Waals surface area contributed by atoms with Gasteiger partial charge >= 0.3 is 0 Å². The van der Waals surface area contributed by atoms with Crippen LogP contribution in [0.1, 0.15) is 24.6 Å². The van der Waals surface area contributed by atoms with Crippen molar-refractivity contribution in [2.45, 2.75) is 18.8 Å². The first kappa shape index (κ1) is 10.2. The normalized spacial score (nSPS) is 19.2. The molecule has 1 aliphatic rings. The van der Waals surface area contributed by atoms with Crippen LogP contribution in [0.25, 0.3) is 0 Å². The minimum atomic E-state index is 0.637. The van der Waals surface area contributed by atoms with Gasteiger partial charge < -0.3 is 10.3 Å². The quantitative estimate of drug-likeness (QED) is 0.706. The molecule has 0 saturated carbocycles. The van der Waals surface area contributed by atoms with E-state index in [-0.39, 0.29) is 0 Å². The molecule has 3 nitrogen and oxygen atoms in total. The maximum Gasteiger partial charge on any atom is 0.133 e. The molecule has 13 heavy (non-hydrogen) atoms. The summed E-state index contributed by atoms with van der Waals surface area (Å²) in [6.07, 6.45) is 2.42. The van der Waals surface area contributed by atoms with E-state index in [9.17, 15) is 0 Å². The van der Waals surface area contributed by atoms with Crippen LogP contribution < -0.4 is 5.32 Å². The van der Waals surface area contributed by atoms with Crippen molar-refractivity contribution in [2.24, 2.45) is 0 Å². The van der Waals surface area contributed by atoms with Crippen LogP contribution in [0, 0.1) is 7.40 Å². The first-order valence-electron chi connectivity index (χ1n) is 4.39. The van der Waals surface area contributed by atoms with Gasteiger partial charge in [-0.05, 0) is 71.1 Å². The highest BCUT2D eigenvalue weighted by Crippen LogP contribution is 2.24. The zero-order chi connectivity index (χ0) is 9.26. The lowest BCUT2D eigenvalue weighted by molar-refractivity contribution is 0.447. The van der Waals surface area contributed by atoms with Gasteiger partial charge in [0, 0.05) is 5.92 Å². The van der Waals surface area contributed by atoms with Crippen molar-refractivity contribution < 1.29 is 0 Å². The van der Waals surface area contributed by atoms with E-state index in [1.54, 1.807) is 0 Å². The van der Waals surface area contributed by atoms with E-state index in [1.807, 2.05) is 0 Å². The highest BCUT2D eigenvalue weighted by atomic mass is 127. The fraction of sp³-hybridized carbons (Fsp3) is 0.625. The summed E-state index contributed by atoms with van der Waals surface area (Å²) in [6, 6.07) is 0. The van der Waals surface area contributed by atoms with Gasteiger partial charge in [-0.3, -0.25) is 0 Å². The Balaban J connectivity index is 2.14. The van der Waals surface area contributed by atoms with E-state index < -0.39 is 0 Å². The fourth-order valence-corrected chi connectivity index (χ4v) is 2.43. The number of aromatic nitrogens is 2. The Kier molecular flexibility index (Phi) is 3.46. The molecule has 1 aromatic rings. The number of rotatable bonds is 1. The van der Waals surface area contributed by atoms with Gasteiger partial charge in [0.2, 0.25) is 0 Å². The maximum atomic E-state index is 4.53. The van der Waals surface area contributed by atoms with Crippen LogP contribution in [0.15, 0.2) is 0 Å². The SMILES string of the molecule is Ic1nc(C2CCNCC2)[nH]c1I. The number of nitrogens with zero attached hydrogens (tertiary/aromatic N) is 1. The lowest BCUT2D eigenvalue weighted by atomic mass is 9.98. The molecule has 2 heterocycles. The molecule has 72 valence electrons. The second-order valence-corrected chi connectivity index (χ2v) is 5.35. The molecule has 5 heteroatoms. The van der Waals surface area contributed by atoms with Gasteiger partial charge in [0.25, 0.3) is 0 Å². The van der Waals surface area contributed by atoms with Crippen molar-refractivity contribution in [1.82, 2.24) is 15.3 Å². The maximum absolute atomic E-state index is 4.53. The van der Waals surface area contributed by atoms with Gasteiger partial charge in [-0.1, -0.05) is 0 Å². The van der Waals surface area contributed by atoms with Gasteiger partial charge in [0.05, 0.1) is 0 Å². The van der Waals surface area contributed by atoms with Crippen molar-refractivity contribution in [1.29, 1.82) is 0 Å². The average Bonchev–Trinajstić information content (AvgIpc) is 2.49. The molecule has 0 atom stereocenters. The van der Waals surface area contributed by atoms with E-state index in [1.165, 1.54) is 22.4 Å². The van der Waals surface area contributed by atoms with Crippen molar-refractivity contribution in [3.8, 4) is 0 Å². The molecule has 2 N–H and O–H groups in total. The molecule has 1 fully saturated rings. The van der Waals surface area contributed by atoms with Gasteiger partial charge in [0.15, 0.2) is 0 Å². The number of nitrogens with one attached hydrogen (secondary N) is 2. The topological polar surface area (TPSA) is 40.7 Å². The number of piperidine rings is 1. The van der Waals surface area contributed by atoms with Crippen LogP contribution in [-0.4, -0.2) is 23.1 Å². The molecule has 0 aromatic carbocycles. The molecule has 0 unspecified atom stereocenters. The highest BCUT2D eigenvalue weighted by Gasteiger charge is 2.18. The minimum Gasteiger partial charge on any atom is -0.336 e. The molecular weight excluding hydrogens is 392 g/mol. The van der Waals surface area contributed by atoms with Gasteiger partial charge in [-0.2, -0.15) is 0 Å². The number of hydrogen-bond acceptors (Lipinski definition) is 2. The van der Waals surface area contributed by atoms with E-state index in [0.717, 1.165) is 16.8 Å². The Bertz CT molecular complexity index is 272. The molecular formula is C8H11I2N3. The Hall–Kier alpha value is 0.630. The Morgan fingerprint density at radius 2 is 1.92 bits per heavy atom. The van der Waals surface area contributed by atoms with E-state index >= 15 is 0 Å². The van der Waals surface area contributed by atoms with E-state index in [2.05, 4.69) is 60.5 Å². The van der Waals surface area contributed by atoms with Gasteiger partial charge in [-0.15, -0.1) is 0 Å². The van der Waals surface area contributed by atoms with Crippen LogP contribution in [-0.2, 0) is 0 Å². The second kappa shape index (κ2) is 4.43. The molecule has 0 radical (unpaired) electrons. The van der Waals surface area contributed by atoms with Crippen molar-refractivity contribution in [2.75, 3.05) is 13.1 Å². The minimum absolute atomic E-state index is 0.637. The smallest absolute Gasteiger partial charge is 0.133 e. The van der Waals surface area contributed by atoms with E-state index in [4.69, 9.17) is 0 Å². The van der Waals surface area contributed by atoms with Gasteiger partial charge in [-0.25, -0.2) is 4.98 Å². The summed E-state index contributed by atoms with van der Waals surface area (Å²) in [5.74, 6) is 1.81. The first-order chi connectivity index (χ1) is 6.27. The number of hydrogen-bond donors (Lipinski definition) is 2. The molecule has 0 spiro atoms. The Morgan fingerprint density at radius 3 is 2.46 bits per heavy atom. The number of H-pyrrole nitrogens is 1. The summed E-state index contributed by atoms with van der Waals surface area (Å²) in [7, 11) is 0. The molecule has 1 aromatic heterocycles. The third kappa shape index (κ3) is 2.35. The predicted octanol–water partition coefficient (Wildman–Crippen LogP) is 2.09. The van der Waals surface area contributed by atoms with Crippen LogP contribution >= 0.6 is 45.2 Å². The van der Waals surface area contributed by atoms with Crippen molar-refractivity contribution in [3.05, 3.63) is 13.2 Å². The number of aromatic amines is 1. The molecule has 0 aliphatic carbocycles. The van der Waals surface area contributed by atoms with Crippen molar-refractivity contribution >= 4 is 45.2 Å². The van der Waals surface area contributed by atoms with Crippen LogP contribution in [0.5, 0.6) is 0 Å². The molecule has 1 saturated heterocycles. The molecule has 2 rings (SSSR count). The number of imidazole rings is 1. The summed E-state index contributed by atoms with van der Waals surface area (Å²) in [5, 5.41) is 3.36. The average molecular weight is 403 g/mol. The standard InChI is InChI=1S/C8H11I2N3/c9-6-7(10)13-8(12-6)5-1-3-11-4-2-5/h5,11H,1-4H2,(H,12,13). The third-order valence-corrected chi connectivity index (χ3v) is 4.96. The monoisotopic (exact) mass is 403 g/mol. The molecule has 0 amide bonds. The summed E-state index contributed by atoms with van der Waals surface area (Å²) in [4.78, 5) is 7.88. The highest BCUT2D eigenvalue weighted by molar-refractivity contribution is 14.1. The van der Waals surface area contributed by atoms with Crippen LogP contribution in [0.4, 0.5) is 0 Å². The second-order valence-electron chi connectivity index (χ2n) is 3.25. The number of halogens is 2.